The molecule has 0 aliphatic carbocycles. The van der Waals surface area contributed by atoms with Gasteiger partial charge in [0.05, 0.1) is 13.0 Å². The molecule has 1 aliphatic heterocycles. The summed E-state index contributed by atoms with van der Waals surface area (Å²) in [5.74, 6) is 2.34. The molecule has 0 bridgehead atoms. The fraction of sp³-hybridized carbons (Fsp3) is 0.769. The molecule has 1 N–H and O–H groups in total. The smallest absolute Gasteiger partial charge is 0.304 e. The summed E-state index contributed by atoms with van der Waals surface area (Å²) in [5, 5.41) is 13.0. The summed E-state index contributed by atoms with van der Waals surface area (Å²) >= 11 is 1.80. The molecule has 1 atom stereocenters. The maximum absolute atomic E-state index is 10.9. The van der Waals surface area contributed by atoms with Crippen LogP contribution < -0.4 is 0 Å². The van der Waals surface area contributed by atoms with Gasteiger partial charge in [-0.2, -0.15) is 16.7 Å². The molecule has 1 aromatic rings. The van der Waals surface area contributed by atoms with Crippen molar-refractivity contribution in [1.29, 1.82) is 0 Å². The maximum Gasteiger partial charge on any atom is 0.304 e. The van der Waals surface area contributed by atoms with Crippen LogP contribution in [0.15, 0.2) is 4.52 Å². The third-order valence-electron chi connectivity index (χ3n) is 3.24. The van der Waals surface area contributed by atoms with Gasteiger partial charge in [-0.05, 0) is 0 Å². The number of thioether (sulfide) groups is 1. The van der Waals surface area contributed by atoms with Gasteiger partial charge in [0.15, 0.2) is 5.82 Å². The lowest BCUT2D eigenvalue weighted by molar-refractivity contribution is -0.138. The minimum absolute atomic E-state index is 0.0382. The van der Waals surface area contributed by atoms with Crippen molar-refractivity contribution in [1.82, 2.24) is 15.0 Å². The highest BCUT2D eigenvalue weighted by Gasteiger charge is 2.27. The highest BCUT2D eigenvalue weighted by atomic mass is 32.2. The lowest BCUT2D eigenvalue weighted by Crippen LogP contribution is -2.43. The summed E-state index contributed by atoms with van der Waals surface area (Å²) in [7, 11) is 0. The molecule has 1 saturated heterocycles. The second kappa shape index (κ2) is 6.13. The number of hydrogen-bond donors (Lipinski definition) is 1. The monoisotopic (exact) mass is 299 g/mol. The minimum Gasteiger partial charge on any atom is -0.481 e. The molecule has 2 heterocycles. The Kier molecular flexibility index (Phi) is 4.70. The van der Waals surface area contributed by atoms with Crippen molar-refractivity contribution in [2.75, 3.05) is 18.1 Å². The van der Waals surface area contributed by atoms with Crippen molar-refractivity contribution < 1.29 is 14.4 Å². The number of carboxylic acid groups (broad SMARTS) is 1. The number of rotatable bonds is 4. The van der Waals surface area contributed by atoms with Crippen LogP contribution in [0.2, 0.25) is 0 Å². The number of hydrogen-bond acceptors (Lipinski definition) is 6. The van der Waals surface area contributed by atoms with E-state index in [0.29, 0.717) is 18.3 Å². The molecule has 0 aromatic carbocycles. The number of aromatic nitrogens is 2. The molecule has 1 fully saturated rings. The van der Waals surface area contributed by atoms with Gasteiger partial charge >= 0.3 is 5.97 Å². The summed E-state index contributed by atoms with van der Waals surface area (Å²) in [6, 6.07) is 0.0382. The van der Waals surface area contributed by atoms with E-state index in [9.17, 15) is 4.79 Å². The van der Waals surface area contributed by atoms with Crippen molar-refractivity contribution in [3.63, 3.8) is 0 Å². The van der Waals surface area contributed by atoms with Crippen LogP contribution in [-0.2, 0) is 16.8 Å². The average molecular weight is 299 g/mol. The normalized spacial score (nSPS) is 21.1. The molecule has 1 aromatic heterocycles. The zero-order valence-electron chi connectivity index (χ0n) is 12.1. The molecule has 20 heavy (non-hydrogen) atoms. The molecule has 112 valence electrons. The predicted octanol–water partition coefficient (Wildman–Crippen LogP) is 1.76. The van der Waals surface area contributed by atoms with Crippen LogP contribution >= 0.6 is 11.8 Å². The Labute approximate surface area is 122 Å². The summed E-state index contributed by atoms with van der Waals surface area (Å²) in [5.41, 5.74) is -0.139. The van der Waals surface area contributed by atoms with E-state index in [1.54, 1.807) is 11.8 Å². The van der Waals surface area contributed by atoms with E-state index >= 15 is 0 Å². The summed E-state index contributed by atoms with van der Waals surface area (Å²) < 4.78 is 5.29. The summed E-state index contributed by atoms with van der Waals surface area (Å²) in [4.78, 5) is 17.5. The van der Waals surface area contributed by atoms with Gasteiger partial charge in [-0.1, -0.05) is 25.9 Å². The number of nitrogens with zero attached hydrogens (tertiary/aromatic N) is 3. The molecular formula is C13H21N3O3S. The van der Waals surface area contributed by atoms with Gasteiger partial charge < -0.3 is 9.63 Å². The number of aliphatic carboxylic acids is 1. The van der Waals surface area contributed by atoms with E-state index in [4.69, 9.17) is 9.63 Å². The topological polar surface area (TPSA) is 79.5 Å². The van der Waals surface area contributed by atoms with Crippen LogP contribution in [0.3, 0.4) is 0 Å². The van der Waals surface area contributed by atoms with Crippen molar-refractivity contribution >= 4 is 17.7 Å². The Bertz CT molecular complexity index is 470. The zero-order chi connectivity index (χ0) is 14.8. The SMILES string of the molecule is CC(C)(C)c1noc(CN2CCSCC2CC(=O)O)n1. The van der Waals surface area contributed by atoms with E-state index in [-0.39, 0.29) is 17.9 Å². The first-order chi connectivity index (χ1) is 9.36. The number of carbonyl (C=O) groups is 1. The molecule has 1 unspecified atom stereocenters. The largest absolute Gasteiger partial charge is 0.481 e. The van der Waals surface area contributed by atoms with E-state index in [0.717, 1.165) is 18.1 Å². The Hall–Kier alpha value is -1.08. The van der Waals surface area contributed by atoms with Gasteiger partial charge in [0.1, 0.15) is 0 Å². The van der Waals surface area contributed by atoms with Crippen molar-refractivity contribution in [2.24, 2.45) is 0 Å². The van der Waals surface area contributed by atoms with Gasteiger partial charge in [0.25, 0.3) is 0 Å². The van der Waals surface area contributed by atoms with Gasteiger partial charge in [-0.25, -0.2) is 0 Å². The van der Waals surface area contributed by atoms with Crippen molar-refractivity contribution in [2.45, 2.75) is 45.2 Å². The lowest BCUT2D eigenvalue weighted by atomic mass is 9.96. The first-order valence-corrected chi connectivity index (χ1v) is 7.88. The van der Waals surface area contributed by atoms with Gasteiger partial charge in [0, 0.05) is 29.5 Å². The first kappa shape index (κ1) is 15.3. The highest BCUT2D eigenvalue weighted by molar-refractivity contribution is 7.99. The number of carboxylic acids is 1. The fourth-order valence-corrected chi connectivity index (χ4v) is 3.22. The minimum atomic E-state index is -0.761. The van der Waals surface area contributed by atoms with Gasteiger partial charge in [-0.3, -0.25) is 9.69 Å². The quantitative estimate of drug-likeness (QED) is 0.907. The average Bonchev–Trinajstić information content (AvgIpc) is 2.79. The fourth-order valence-electron chi connectivity index (χ4n) is 2.08. The predicted molar refractivity (Wildman–Crippen MR) is 76.8 cm³/mol. The molecule has 0 saturated carbocycles. The molecule has 6 nitrogen and oxygen atoms in total. The lowest BCUT2D eigenvalue weighted by Gasteiger charge is -2.33. The Morgan fingerprint density at radius 2 is 2.30 bits per heavy atom. The van der Waals surface area contributed by atoms with Crippen LogP contribution in [0.4, 0.5) is 0 Å². The summed E-state index contributed by atoms with van der Waals surface area (Å²) in [6.07, 6.45) is 0.160. The zero-order valence-corrected chi connectivity index (χ0v) is 12.9. The van der Waals surface area contributed by atoms with Crippen LogP contribution in [0.1, 0.15) is 38.9 Å². The van der Waals surface area contributed by atoms with Crippen LogP contribution in [0.5, 0.6) is 0 Å². The maximum atomic E-state index is 10.9. The van der Waals surface area contributed by atoms with E-state index in [1.165, 1.54) is 0 Å². The molecule has 0 spiro atoms. The van der Waals surface area contributed by atoms with Crippen LogP contribution in [0.25, 0.3) is 0 Å². The van der Waals surface area contributed by atoms with Crippen LogP contribution in [0, 0.1) is 0 Å². The van der Waals surface area contributed by atoms with Crippen molar-refractivity contribution in [3.05, 3.63) is 11.7 Å². The van der Waals surface area contributed by atoms with Crippen LogP contribution in [-0.4, -0.2) is 50.2 Å². The third kappa shape index (κ3) is 3.96. The molecule has 1 aliphatic rings. The Balaban J connectivity index is 2.03. The second-order valence-electron chi connectivity index (χ2n) is 6.06. The Morgan fingerprint density at radius 3 is 2.90 bits per heavy atom. The molecular weight excluding hydrogens is 278 g/mol. The first-order valence-electron chi connectivity index (χ1n) is 6.73. The molecule has 0 amide bonds. The highest BCUT2D eigenvalue weighted by Crippen LogP contribution is 2.22. The summed E-state index contributed by atoms with van der Waals surface area (Å²) in [6.45, 7) is 7.49. The molecule has 0 radical (unpaired) electrons. The van der Waals surface area contributed by atoms with Gasteiger partial charge in [-0.15, -0.1) is 0 Å². The van der Waals surface area contributed by atoms with E-state index in [1.807, 2.05) is 20.8 Å². The standard InChI is InChI=1S/C13H21N3O3S/c1-13(2,3)12-14-10(19-15-12)7-16-4-5-20-8-9(16)6-11(17)18/h9H,4-8H2,1-3H3,(H,17,18). The molecule has 7 heteroatoms. The Morgan fingerprint density at radius 1 is 1.55 bits per heavy atom. The third-order valence-corrected chi connectivity index (χ3v) is 4.33. The second-order valence-corrected chi connectivity index (χ2v) is 7.21. The van der Waals surface area contributed by atoms with E-state index < -0.39 is 5.97 Å². The van der Waals surface area contributed by atoms with Gasteiger partial charge in [0.2, 0.25) is 5.89 Å². The van der Waals surface area contributed by atoms with Crippen molar-refractivity contribution in [3.8, 4) is 0 Å². The van der Waals surface area contributed by atoms with E-state index in [2.05, 4.69) is 15.0 Å². The molecule has 2 rings (SSSR count).